The topological polar surface area (TPSA) is 69.8 Å². The standard InChI is InChI=1S/C13H16N4OS2/c1-13(2,20-19)10-8-14-11(16-10)17-12(18)15-9-6-4-3-5-7-9/h3-8,19H,1-2H3,(H3,14,15,16,17,18). The molecule has 0 radical (unpaired) electrons. The molecule has 2 rings (SSSR count). The van der Waals surface area contributed by atoms with Gasteiger partial charge in [-0.25, -0.2) is 9.78 Å². The molecule has 106 valence electrons. The van der Waals surface area contributed by atoms with Crippen LogP contribution in [0.2, 0.25) is 0 Å². The van der Waals surface area contributed by atoms with Crippen molar-refractivity contribution >= 4 is 40.1 Å². The summed E-state index contributed by atoms with van der Waals surface area (Å²) in [5.74, 6) is 0.406. The zero-order valence-corrected chi connectivity index (χ0v) is 12.9. The predicted molar refractivity (Wildman–Crippen MR) is 87.3 cm³/mol. The summed E-state index contributed by atoms with van der Waals surface area (Å²) in [7, 11) is 1.41. The smallest absolute Gasteiger partial charge is 0.326 e. The number of thiol groups is 1. The predicted octanol–water partition coefficient (Wildman–Crippen LogP) is 3.87. The monoisotopic (exact) mass is 308 g/mol. The second kappa shape index (κ2) is 6.23. The van der Waals surface area contributed by atoms with E-state index in [9.17, 15) is 4.79 Å². The Hall–Kier alpha value is -1.60. The Labute approximate surface area is 126 Å². The Kier molecular flexibility index (Phi) is 4.61. The Morgan fingerprint density at radius 1 is 1.30 bits per heavy atom. The summed E-state index contributed by atoms with van der Waals surface area (Å²) in [5, 5.41) is 5.38. The van der Waals surface area contributed by atoms with Crippen LogP contribution in [0.1, 0.15) is 19.5 Å². The molecule has 0 saturated carbocycles. The number of H-pyrrole nitrogens is 1. The fraction of sp³-hybridized carbons (Fsp3) is 0.231. The third kappa shape index (κ3) is 3.71. The lowest BCUT2D eigenvalue weighted by Gasteiger charge is -2.18. The summed E-state index contributed by atoms with van der Waals surface area (Å²) in [4.78, 5) is 19.0. The van der Waals surface area contributed by atoms with Crippen molar-refractivity contribution in [3.05, 3.63) is 42.2 Å². The van der Waals surface area contributed by atoms with Gasteiger partial charge >= 0.3 is 6.03 Å². The van der Waals surface area contributed by atoms with E-state index in [1.54, 1.807) is 6.20 Å². The molecule has 2 amide bonds. The Morgan fingerprint density at radius 2 is 2.00 bits per heavy atom. The van der Waals surface area contributed by atoms with Gasteiger partial charge in [0, 0.05) is 5.69 Å². The molecule has 3 N–H and O–H groups in total. The Morgan fingerprint density at radius 3 is 2.65 bits per heavy atom. The number of para-hydroxylation sites is 1. The number of nitrogens with one attached hydrogen (secondary N) is 3. The molecule has 0 aliphatic heterocycles. The summed E-state index contributed by atoms with van der Waals surface area (Å²) < 4.78 is -0.202. The van der Waals surface area contributed by atoms with E-state index in [1.165, 1.54) is 10.8 Å². The summed E-state index contributed by atoms with van der Waals surface area (Å²) in [6, 6.07) is 8.88. The zero-order chi connectivity index (χ0) is 14.6. The summed E-state index contributed by atoms with van der Waals surface area (Å²) in [6.07, 6.45) is 1.70. The molecule has 7 heteroatoms. The number of urea groups is 1. The number of amides is 2. The fourth-order valence-corrected chi connectivity index (χ4v) is 2.03. The van der Waals surface area contributed by atoms with E-state index in [0.29, 0.717) is 5.95 Å². The number of aromatic amines is 1. The number of hydrogen-bond acceptors (Lipinski definition) is 4. The lowest BCUT2D eigenvalue weighted by atomic mass is 10.1. The van der Waals surface area contributed by atoms with Crippen LogP contribution in [0.5, 0.6) is 0 Å². The van der Waals surface area contributed by atoms with Crippen LogP contribution < -0.4 is 10.6 Å². The maximum atomic E-state index is 11.8. The highest BCUT2D eigenvalue weighted by Crippen LogP contribution is 2.37. The minimum absolute atomic E-state index is 0.202. The molecular formula is C13H16N4OS2. The molecule has 0 bridgehead atoms. The van der Waals surface area contributed by atoms with Crippen molar-refractivity contribution in [1.29, 1.82) is 0 Å². The largest absolute Gasteiger partial charge is 0.327 e. The van der Waals surface area contributed by atoms with Crippen LogP contribution in [0.25, 0.3) is 0 Å². The number of aromatic nitrogens is 2. The van der Waals surface area contributed by atoms with Crippen molar-refractivity contribution in [2.24, 2.45) is 0 Å². The molecule has 0 fully saturated rings. The van der Waals surface area contributed by atoms with Gasteiger partial charge in [0.1, 0.15) is 0 Å². The number of carbonyl (C=O) groups excluding carboxylic acids is 1. The molecule has 20 heavy (non-hydrogen) atoms. The molecule has 0 saturated heterocycles. The van der Waals surface area contributed by atoms with Crippen molar-refractivity contribution in [3.8, 4) is 0 Å². The first-order chi connectivity index (χ1) is 9.51. The number of imidazole rings is 1. The molecule has 0 aliphatic carbocycles. The summed E-state index contributed by atoms with van der Waals surface area (Å²) >= 11 is 4.23. The average molecular weight is 308 g/mol. The summed E-state index contributed by atoms with van der Waals surface area (Å²) in [5.41, 5.74) is 1.62. The SMILES string of the molecule is CC(C)(SS)c1cnc(NC(=O)Nc2ccccc2)[nH]1. The number of rotatable bonds is 4. The van der Waals surface area contributed by atoms with Crippen molar-refractivity contribution in [3.63, 3.8) is 0 Å². The molecule has 0 aliphatic rings. The lowest BCUT2D eigenvalue weighted by Crippen LogP contribution is -2.20. The second-order valence-corrected chi connectivity index (χ2v) is 6.44. The van der Waals surface area contributed by atoms with Gasteiger partial charge in [0.25, 0.3) is 0 Å². The van der Waals surface area contributed by atoms with Gasteiger partial charge in [0.05, 0.1) is 16.6 Å². The van der Waals surface area contributed by atoms with Gasteiger partial charge in [-0.05, 0) is 26.0 Å². The molecule has 2 aromatic rings. The number of benzene rings is 1. The van der Waals surface area contributed by atoms with Crippen LogP contribution in [0.3, 0.4) is 0 Å². The van der Waals surface area contributed by atoms with Gasteiger partial charge in [0.15, 0.2) is 0 Å². The number of nitrogens with zero attached hydrogens (tertiary/aromatic N) is 1. The maximum absolute atomic E-state index is 11.8. The van der Waals surface area contributed by atoms with Gasteiger partial charge in [-0.2, -0.15) is 0 Å². The van der Waals surface area contributed by atoms with Crippen molar-refractivity contribution < 1.29 is 4.79 Å². The van der Waals surface area contributed by atoms with E-state index >= 15 is 0 Å². The van der Waals surface area contributed by atoms with Crippen LogP contribution in [-0.2, 0) is 4.75 Å². The van der Waals surface area contributed by atoms with E-state index in [1.807, 2.05) is 44.2 Å². The normalized spacial score (nSPS) is 11.2. The molecule has 1 heterocycles. The first-order valence-corrected chi connectivity index (χ1v) is 7.89. The fourth-order valence-electron chi connectivity index (χ4n) is 1.53. The van der Waals surface area contributed by atoms with Crippen LogP contribution in [0.4, 0.5) is 16.4 Å². The van der Waals surface area contributed by atoms with Crippen LogP contribution in [0, 0.1) is 0 Å². The van der Waals surface area contributed by atoms with Crippen molar-refractivity contribution in [2.75, 3.05) is 10.6 Å². The zero-order valence-electron chi connectivity index (χ0n) is 11.2. The van der Waals surface area contributed by atoms with Gasteiger partial charge in [-0.15, -0.1) is 11.7 Å². The van der Waals surface area contributed by atoms with Crippen molar-refractivity contribution in [1.82, 2.24) is 9.97 Å². The minimum Gasteiger partial charge on any atom is -0.327 e. The quantitative estimate of drug-likeness (QED) is 0.512. The van der Waals surface area contributed by atoms with E-state index in [2.05, 4.69) is 32.3 Å². The third-order valence-corrected chi connectivity index (χ3v) is 4.76. The average Bonchev–Trinajstić information content (AvgIpc) is 2.89. The van der Waals surface area contributed by atoms with Gasteiger partial charge in [-0.1, -0.05) is 29.0 Å². The Bertz CT molecular complexity index is 583. The number of carbonyl (C=O) groups is 1. The molecular weight excluding hydrogens is 292 g/mol. The van der Waals surface area contributed by atoms with E-state index < -0.39 is 0 Å². The van der Waals surface area contributed by atoms with Crippen LogP contribution >= 0.6 is 22.5 Å². The maximum Gasteiger partial charge on any atom is 0.326 e. The molecule has 0 spiro atoms. The van der Waals surface area contributed by atoms with Gasteiger partial charge < -0.3 is 10.3 Å². The first kappa shape index (κ1) is 14.8. The number of hydrogen-bond donors (Lipinski definition) is 4. The molecule has 1 aromatic heterocycles. The molecule has 0 atom stereocenters. The lowest BCUT2D eigenvalue weighted by molar-refractivity contribution is 0.262. The van der Waals surface area contributed by atoms with Crippen LogP contribution in [0.15, 0.2) is 36.5 Å². The highest BCUT2D eigenvalue weighted by molar-refractivity contribution is 8.68. The highest BCUT2D eigenvalue weighted by atomic mass is 33.1. The van der Waals surface area contributed by atoms with Crippen LogP contribution in [-0.4, -0.2) is 16.0 Å². The van der Waals surface area contributed by atoms with E-state index in [4.69, 9.17) is 0 Å². The molecule has 5 nitrogen and oxygen atoms in total. The highest BCUT2D eigenvalue weighted by Gasteiger charge is 2.22. The van der Waals surface area contributed by atoms with E-state index in [-0.39, 0.29) is 10.8 Å². The molecule has 0 unspecified atom stereocenters. The minimum atomic E-state index is -0.339. The summed E-state index contributed by atoms with van der Waals surface area (Å²) in [6.45, 7) is 4.04. The van der Waals surface area contributed by atoms with Crippen molar-refractivity contribution in [2.45, 2.75) is 18.6 Å². The van der Waals surface area contributed by atoms with E-state index in [0.717, 1.165) is 11.4 Å². The third-order valence-electron chi connectivity index (χ3n) is 2.72. The molecule has 1 aromatic carbocycles. The van der Waals surface area contributed by atoms with Gasteiger partial charge in [-0.3, -0.25) is 5.32 Å². The Balaban J connectivity index is 1.99. The van der Waals surface area contributed by atoms with Gasteiger partial charge in [0.2, 0.25) is 5.95 Å². The first-order valence-electron chi connectivity index (χ1n) is 6.02. The second-order valence-electron chi connectivity index (χ2n) is 4.69. The number of anilines is 2.